The van der Waals surface area contributed by atoms with Crippen molar-refractivity contribution in [2.75, 3.05) is 5.75 Å². The van der Waals surface area contributed by atoms with Gasteiger partial charge in [0, 0.05) is 11.3 Å². The van der Waals surface area contributed by atoms with E-state index in [9.17, 15) is 4.79 Å². The summed E-state index contributed by atoms with van der Waals surface area (Å²) >= 11 is 1.40. The van der Waals surface area contributed by atoms with E-state index < -0.39 is 0 Å². The molecule has 8 nitrogen and oxygen atoms in total. The zero-order valence-corrected chi connectivity index (χ0v) is 16.9. The molecule has 0 spiro atoms. The second-order valence-electron chi connectivity index (χ2n) is 7.63. The van der Waals surface area contributed by atoms with Crippen molar-refractivity contribution in [3.8, 4) is 0 Å². The van der Waals surface area contributed by atoms with E-state index in [0.717, 1.165) is 49.4 Å². The third kappa shape index (κ3) is 4.05. The van der Waals surface area contributed by atoms with E-state index in [0.29, 0.717) is 11.8 Å². The van der Waals surface area contributed by atoms with Gasteiger partial charge in [0.05, 0.1) is 30.6 Å². The molecule has 2 aliphatic rings. The quantitative estimate of drug-likeness (QED) is 0.603. The molecule has 1 N–H and O–H groups in total. The summed E-state index contributed by atoms with van der Waals surface area (Å²) in [5.41, 5.74) is 3.61. The first-order valence-corrected chi connectivity index (χ1v) is 11.0. The van der Waals surface area contributed by atoms with Gasteiger partial charge in [0.25, 0.3) is 0 Å². The molecule has 1 atom stereocenters. The molecule has 0 saturated heterocycles. The second-order valence-corrected chi connectivity index (χ2v) is 8.57. The molecule has 2 aliphatic carbocycles. The fraction of sp³-hybridized carbons (Fsp3) is 0.450. The average Bonchev–Trinajstić information content (AvgIpc) is 3.34. The third-order valence-corrected chi connectivity index (χ3v) is 6.39. The Balaban J connectivity index is 1.22. The van der Waals surface area contributed by atoms with Crippen molar-refractivity contribution in [2.45, 2.75) is 55.9 Å². The van der Waals surface area contributed by atoms with Crippen molar-refractivity contribution in [3.05, 3.63) is 53.3 Å². The van der Waals surface area contributed by atoms with Crippen LogP contribution in [0.1, 0.15) is 54.6 Å². The normalized spacial score (nSPS) is 18.4. The highest BCUT2D eigenvalue weighted by Gasteiger charge is 2.29. The zero-order valence-electron chi connectivity index (χ0n) is 16.1. The molecule has 2 heterocycles. The number of carbonyl (C=O) groups excluding carboxylic acids is 1. The number of aromatic nitrogens is 6. The van der Waals surface area contributed by atoms with Crippen LogP contribution in [0.5, 0.6) is 0 Å². The standard InChI is InChI=1S/C20H23N7OS/c28-19(13-29-20-23-24-25-27(20)15-9-10-15)22-17-7-4-8-18-16(17)11-21-26(18)12-14-5-2-1-3-6-14/h1-3,5-6,11,15,17H,4,7-10,12-13H2,(H,22,28). The number of rotatable bonds is 7. The lowest BCUT2D eigenvalue weighted by Crippen LogP contribution is -2.32. The van der Waals surface area contributed by atoms with Crippen LogP contribution < -0.4 is 5.32 Å². The summed E-state index contributed by atoms with van der Waals surface area (Å²) in [6.45, 7) is 0.760. The van der Waals surface area contributed by atoms with Gasteiger partial charge >= 0.3 is 0 Å². The molecule has 5 rings (SSSR count). The average molecular weight is 410 g/mol. The van der Waals surface area contributed by atoms with Gasteiger partial charge in [0.1, 0.15) is 0 Å². The van der Waals surface area contributed by atoms with Gasteiger partial charge in [-0.1, -0.05) is 42.1 Å². The molecule has 3 aromatic rings. The van der Waals surface area contributed by atoms with E-state index >= 15 is 0 Å². The van der Waals surface area contributed by atoms with Crippen LogP contribution in [-0.2, 0) is 17.8 Å². The summed E-state index contributed by atoms with van der Waals surface area (Å²) in [6, 6.07) is 10.8. The Hall–Kier alpha value is -2.68. The van der Waals surface area contributed by atoms with E-state index in [1.165, 1.54) is 23.0 Å². The maximum atomic E-state index is 12.6. The molecular formula is C20H23N7OS. The molecule has 1 saturated carbocycles. The van der Waals surface area contributed by atoms with Gasteiger partial charge in [-0.15, -0.1) is 5.10 Å². The summed E-state index contributed by atoms with van der Waals surface area (Å²) in [5, 5.41) is 20.3. The van der Waals surface area contributed by atoms with Crippen LogP contribution in [0.4, 0.5) is 0 Å². The second kappa shape index (κ2) is 7.98. The Kier molecular flexibility index (Phi) is 5.05. The highest BCUT2D eigenvalue weighted by Crippen LogP contribution is 2.36. The maximum absolute atomic E-state index is 12.6. The monoisotopic (exact) mass is 409 g/mol. The molecule has 1 aromatic carbocycles. The number of tetrazole rings is 1. The SMILES string of the molecule is O=C(CSc1nnnn1C1CC1)NC1CCCc2c1cnn2Cc1ccccc1. The minimum atomic E-state index is 0.00834. The molecular weight excluding hydrogens is 386 g/mol. The van der Waals surface area contributed by atoms with E-state index in [1.54, 1.807) is 0 Å². The lowest BCUT2D eigenvalue weighted by atomic mass is 9.93. The van der Waals surface area contributed by atoms with E-state index in [4.69, 9.17) is 0 Å². The zero-order chi connectivity index (χ0) is 19.6. The minimum Gasteiger partial charge on any atom is -0.348 e. The molecule has 150 valence electrons. The van der Waals surface area contributed by atoms with Crippen molar-refractivity contribution in [2.24, 2.45) is 0 Å². The van der Waals surface area contributed by atoms with Crippen LogP contribution in [0.25, 0.3) is 0 Å². The van der Waals surface area contributed by atoms with Crippen LogP contribution in [-0.4, -0.2) is 41.6 Å². The lowest BCUT2D eigenvalue weighted by molar-refractivity contribution is -0.119. The van der Waals surface area contributed by atoms with Gasteiger partial charge in [-0.2, -0.15) is 5.10 Å². The smallest absolute Gasteiger partial charge is 0.230 e. The van der Waals surface area contributed by atoms with Crippen LogP contribution in [0.2, 0.25) is 0 Å². The number of hydrogen-bond acceptors (Lipinski definition) is 6. The number of benzene rings is 1. The van der Waals surface area contributed by atoms with Gasteiger partial charge in [-0.05, 0) is 48.1 Å². The Bertz CT molecular complexity index is 995. The first-order valence-electron chi connectivity index (χ1n) is 10.1. The van der Waals surface area contributed by atoms with E-state index in [1.807, 2.05) is 29.1 Å². The molecule has 1 amide bonds. The fourth-order valence-corrected chi connectivity index (χ4v) is 4.61. The van der Waals surface area contributed by atoms with Crippen LogP contribution in [0.3, 0.4) is 0 Å². The Morgan fingerprint density at radius 2 is 2.07 bits per heavy atom. The highest BCUT2D eigenvalue weighted by atomic mass is 32.2. The van der Waals surface area contributed by atoms with Crippen molar-refractivity contribution in [1.29, 1.82) is 0 Å². The third-order valence-electron chi connectivity index (χ3n) is 5.46. The first-order chi connectivity index (χ1) is 14.3. The molecule has 9 heteroatoms. The minimum absolute atomic E-state index is 0.00834. The van der Waals surface area contributed by atoms with Gasteiger partial charge in [-0.25, -0.2) is 4.68 Å². The van der Waals surface area contributed by atoms with E-state index in [-0.39, 0.29) is 11.9 Å². The molecule has 0 radical (unpaired) electrons. The molecule has 1 unspecified atom stereocenters. The number of hydrogen-bond donors (Lipinski definition) is 1. The predicted molar refractivity (Wildman–Crippen MR) is 108 cm³/mol. The van der Waals surface area contributed by atoms with E-state index in [2.05, 4.69) is 42.8 Å². The van der Waals surface area contributed by atoms with Gasteiger partial charge < -0.3 is 5.32 Å². The number of amides is 1. The molecule has 2 aromatic heterocycles. The maximum Gasteiger partial charge on any atom is 0.230 e. The highest BCUT2D eigenvalue weighted by molar-refractivity contribution is 7.99. The topological polar surface area (TPSA) is 90.5 Å². The van der Waals surface area contributed by atoms with Crippen molar-refractivity contribution < 1.29 is 4.79 Å². The Labute approximate surface area is 173 Å². The first kappa shape index (κ1) is 18.4. The molecule has 0 bridgehead atoms. The predicted octanol–water partition coefficient (Wildman–Crippen LogP) is 2.54. The van der Waals surface area contributed by atoms with Crippen LogP contribution >= 0.6 is 11.8 Å². The summed E-state index contributed by atoms with van der Waals surface area (Å²) in [7, 11) is 0. The fourth-order valence-electron chi connectivity index (χ4n) is 3.86. The summed E-state index contributed by atoms with van der Waals surface area (Å²) < 4.78 is 3.91. The molecule has 0 aliphatic heterocycles. The number of carbonyl (C=O) groups is 1. The number of nitrogens with one attached hydrogen (secondary N) is 1. The summed E-state index contributed by atoms with van der Waals surface area (Å²) in [6.07, 6.45) is 7.14. The summed E-state index contributed by atoms with van der Waals surface area (Å²) in [5.74, 6) is 0.325. The van der Waals surface area contributed by atoms with Crippen molar-refractivity contribution in [3.63, 3.8) is 0 Å². The van der Waals surface area contributed by atoms with Crippen molar-refractivity contribution in [1.82, 2.24) is 35.3 Å². The number of thioether (sulfide) groups is 1. The lowest BCUT2D eigenvalue weighted by Gasteiger charge is -2.24. The Morgan fingerprint density at radius 1 is 1.21 bits per heavy atom. The van der Waals surface area contributed by atoms with Crippen LogP contribution in [0.15, 0.2) is 41.7 Å². The largest absolute Gasteiger partial charge is 0.348 e. The van der Waals surface area contributed by atoms with Gasteiger partial charge in [0.15, 0.2) is 0 Å². The van der Waals surface area contributed by atoms with Crippen molar-refractivity contribution >= 4 is 17.7 Å². The number of nitrogens with zero attached hydrogens (tertiary/aromatic N) is 6. The Morgan fingerprint density at radius 3 is 2.90 bits per heavy atom. The number of fused-ring (bicyclic) bond motifs is 1. The summed E-state index contributed by atoms with van der Waals surface area (Å²) in [4.78, 5) is 12.6. The molecule has 29 heavy (non-hydrogen) atoms. The molecule has 1 fully saturated rings. The van der Waals surface area contributed by atoms with Crippen LogP contribution in [0, 0.1) is 0 Å². The van der Waals surface area contributed by atoms with Gasteiger partial charge in [0.2, 0.25) is 11.1 Å². The van der Waals surface area contributed by atoms with Gasteiger partial charge in [-0.3, -0.25) is 9.48 Å².